The van der Waals surface area contributed by atoms with Crippen LogP contribution in [0.4, 0.5) is 22.0 Å². The maximum absolute atomic E-state index is 14.3. The maximum Gasteiger partial charge on any atom is 0.336 e. The van der Waals surface area contributed by atoms with Crippen molar-refractivity contribution in [1.29, 1.82) is 0 Å². The van der Waals surface area contributed by atoms with Crippen LogP contribution in [0.15, 0.2) is 23.5 Å². The lowest BCUT2D eigenvalue weighted by molar-refractivity contribution is -0.139. The Morgan fingerprint density at radius 1 is 0.923 bits per heavy atom. The van der Waals surface area contributed by atoms with Crippen molar-refractivity contribution >= 4 is 11.9 Å². The molecule has 0 radical (unpaired) electrons. The van der Waals surface area contributed by atoms with E-state index in [1.165, 1.54) is 6.92 Å². The second kappa shape index (κ2) is 7.54. The van der Waals surface area contributed by atoms with Gasteiger partial charge < -0.3 is 14.8 Å². The Hall–Kier alpha value is -2.91. The lowest BCUT2D eigenvalue weighted by Crippen LogP contribution is -2.28. The molecule has 1 aliphatic heterocycles. The van der Waals surface area contributed by atoms with Crippen LogP contribution in [0.25, 0.3) is 0 Å². The van der Waals surface area contributed by atoms with Crippen LogP contribution in [0.2, 0.25) is 0 Å². The number of nitrogens with one attached hydrogen (secondary N) is 1. The lowest BCUT2D eigenvalue weighted by Gasteiger charge is -2.25. The molecule has 5 nitrogen and oxygen atoms in total. The molecular formula is C16H12F5NO4. The summed E-state index contributed by atoms with van der Waals surface area (Å²) < 4.78 is 78.2. The first kappa shape index (κ1) is 19.4. The molecule has 2 rings (SSSR count). The van der Waals surface area contributed by atoms with Crippen LogP contribution in [0, 0.1) is 29.1 Å². The largest absolute Gasteiger partial charge is 0.466 e. The molecule has 1 aromatic carbocycles. The van der Waals surface area contributed by atoms with Crippen molar-refractivity contribution in [2.75, 3.05) is 13.7 Å². The van der Waals surface area contributed by atoms with Crippen LogP contribution in [0.3, 0.4) is 0 Å². The molecular weight excluding hydrogens is 365 g/mol. The second-order valence-electron chi connectivity index (χ2n) is 4.99. The molecule has 1 N–H and O–H groups in total. The maximum atomic E-state index is 14.3. The Morgan fingerprint density at radius 3 is 1.85 bits per heavy atom. The molecule has 0 aliphatic carbocycles. The molecule has 0 fully saturated rings. The van der Waals surface area contributed by atoms with Crippen LogP contribution in [-0.4, -0.2) is 25.7 Å². The smallest absolute Gasteiger partial charge is 0.336 e. The van der Waals surface area contributed by atoms with Crippen LogP contribution in [0.5, 0.6) is 0 Å². The molecule has 0 saturated heterocycles. The predicted molar refractivity (Wildman–Crippen MR) is 76.9 cm³/mol. The molecule has 1 unspecified atom stereocenters. The van der Waals surface area contributed by atoms with Crippen molar-refractivity contribution in [3.8, 4) is 0 Å². The summed E-state index contributed by atoms with van der Waals surface area (Å²) in [4.78, 5) is 24.0. The zero-order valence-electron chi connectivity index (χ0n) is 13.5. The molecule has 0 spiro atoms. The van der Waals surface area contributed by atoms with E-state index in [9.17, 15) is 31.5 Å². The second-order valence-corrected chi connectivity index (χ2v) is 4.99. The van der Waals surface area contributed by atoms with Gasteiger partial charge in [-0.15, -0.1) is 0 Å². The van der Waals surface area contributed by atoms with Gasteiger partial charge in [0.1, 0.15) is 0 Å². The van der Waals surface area contributed by atoms with E-state index in [-0.39, 0.29) is 6.61 Å². The van der Waals surface area contributed by atoms with Gasteiger partial charge in [0.2, 0.25) is 5.82 Å². The van der Waals surface area contributed by atoms with Crippen molar-refractivity contribution < 1.29 is 41.0 Å². The monoisotopic (exact) mass is 377 g/mol. The molecule has 1 aliphatic rings. The fourth-order valence-corrected chi connectivity index (χ4v) is 2.43. The highest BCUT2D eigenvalue weighted by atomic mass is 19.2. The average Bonchev–Trinajstić information content (AvgIpc) is 2.64. The fourth-order valence-electron chi connectivity index (χ4n) is 2.43. The first-order valence-electron chi connectivity index (χ1n) is 7.19. The average molecular weight is 377 g/mol. The first-order valence-corrected chi connectivity index (χ1v) is 7.19. The number of hydrogen-bond acceptors (Lipinski definition) is 5. The molecule has 10 heteroatoms. The van der Waals surface area contributed by atoms with Gasteiger partial charge in [0.15, 0.2) is 23.3 Å². The van der Waals surface area contributed by atoms with E-state index >= 15 is 0 Å². The van der Waals surface area contributed by atoms with Crippen molar-refractivity contribution in [2.45, 2.75) is 12.8 Å². The summed E-state index contributed by atoms with van der Waals surface area (Å²) in [5.41, 5.74) is -2.43. The molecule has 26 heavy (non-hydrogen) atoms. The lowest BCUT2D eigenvalue weighted by atomic mass is 9.83. The summed E-state index contributed by atoms with van der Waals surface area (Å²) in [6.07, 6.45) is 1.87. The van der Waals surface area contributed by atoms with Crippen LogP contribution < -0.4 is 5.32 Å². The topological polar surface area (TPSA) is 64.6 Å². The summed E-state index contributed by atoms with van der Waals surface area (Å²) in [5, 5.41) is 2.39. The van der Waals surface area contributed by atoms with E-state index in [1.807, 2.05) is 0 Å². The fraction of sp³-hybridized carbons (Fsp3) is 0.250. The molecule has 0 amide bonds. The Morgan fingerprint density at radius 2 is 1.38 bits per heavy atom. The van der Waals surface area contributed by atoms with Crippen molar-refractivity contribution in [3.63, 3.8) is 0 Å². The van der Waals surface area contributed by atoms with Crippen LogP contribution in [0.1, 0.15) is 18.4 Å². The van der Waals surface area contributed by atoms with Gasteiger partial charge >= 0.3 is 11.9 Å². The van der Waals surface area contributed by atoms with Gasteiger partial charge in [0.05, 0.1) is 30.8 Å². The van der Waals surface area contributed by atoms with Gasteiger partial charge in [-0.05, 0) is 6.92 Å². The van der Waals surface area contributed by atoms with Gasteiger partial charge in [-0.3, -0.25) is 0 Å². The number of methoxy groups -OCH3 is 1. The number of hydrogen-bond donors (Lipinski definition) is 1. The number of carbonyl (C=O) groups is 2. The zero-order chi connectivity index (χ0) is 19.6. The number of dihydropyridines is 1. The SMILES string of the molecule is CCOC(=O)C1=CNC=C(C(=O)OC)C1c1c(F)c(F)c(F)c(F)c1F. The Kier molecular flexibility index (Phi) is 5.63. The minimum atomic E-state index is -2.36. The Labute approximate surface area is 144 Å². The van der Waals surface area contributed by atoms with Crippen molar-refractivity contribution in [1.82, 2.24) is 5.32 Å². The van der Waals surface area contributed by atoms with E-state index in [4.69, 9.17) is 4.74 Å². The molecule has 1 heterocycles. The number of benzene rings is 1. The highest BCUT2D eigenvalue weighted by Gasteiger charge is 2.40. The van der Waals surface area contributed by atoms with E-state index in [1.54, 1.807) is 0 Å². The van der Waals surface area contributed by atoms with Gasteiger partial charge in [0, 0.05) is 18.0 Å². The number of halogens is 5. The van der Waals surface area contributed by atoms with E-state index < -0.39 is 63.7 Å². The van der Waals surface area contributed by atoms with Gasteiger partial charge in [-0.2, -0.15) is 0 Å². The minimum Gasteiger partial charge on any atom is -0.466 e. The van der Waals surface area contributed by atoms with E-state index in [2.05, 4.69) is 10.1 Å². The summed E-state index contributed by atoms with van der Waals surface area (Å²) >= 11 is 0. The standard InChI is InChI=1S/C16H12F5NO4/c1-3-26-16(24)7-5-22-4-6(15(23)25-2)8(7)9-10(17)12(19)14(21)13(20)11(9)18/h4-5,8,22H,3H2,1-2H3. The van der Waals surface area contributed by atoms with Crippen molar-refractivity contribution in [3.05, 3.63) is 58.2 Å². The van der Waals surface area contributed by atoms with Crippen LogP contribution in [-0.2, 0) is 19.1 Å². The van der Waals surface area contributed by atoms with Gasteiger partial charge in [0.25, 0.3) is 0 Å². The molecule has 0 aromatic heterocycles. The molecule has 0 saturated carbocycles. The highest BCUT2D eigenvalue weighted by Crippen LogP contribution is 2.39. The summed E-state index contributed by atoms with van der Waals surface area (Å²) in [6, 6.07) is 0. The highest BCUT2D eigenvalue weighted by molar-refractivity contribution is 5.98. The summed E-state index contributed by atoms with van der Waals surface area (Å²) in [7, 11) is 0.946. The molecule has 1 aromatic rings. The van der Waals surface area contributed by atoms with Crippen LogP contribution >= 0.6 is 0 Å². The number of carbonyl (C=O) groups excluding carboxylic acids is 2. The van der Waals surface area contributed by atoms with Gasteiger partial charge in [-0.25, -0.2) is 31.5 Å². The van der Waals surface area contributed by atoms with Gasteiger partial charge in [-0.1, -0.05) is 0 Å². The third-order valence-corrected chi connectivity index (χ3v) is 3.56. The Balaban J connectivity index is 2.76. The normalized spacial score (nSPS) is 16.3. The quantitative estimate of drug-likeness (QED) is 0.378. The number of ether oxygens (including phenoxy) is 2. The number of esters is 2. The summed E-state index contributed by atoms with van der Waals surface area (Å²) in [6.45, 7) is 1.32. The molecule has 1 atom stereocenters. The molecule has 140 valence electrons. The van der Waals surface area contributed by atoms with Crippen molar-refractivity contribution in [2.24, 2.45) is 0 Å². The third kappa shape index (κ3) is 3.14. The number of rotatable bonds is 4. The minimum absolute atomic E-state index is 0.128. The summed E-state index contributed by atoms with van der Waals surface area (Å²) in [5.74, 6) is -15.3. The molecule has 0 bridgehead atoms. The zero-order valence-corrected chi connectivity index (χ0v) is 13.5. The van der Waals surface area contributed by atoms with E-state index in [0.29, 0.717) is 0 Å². The third-order valence-electron chi connectivity index (χ3n) is 3.56. The van der Waals surface area contributed by atoms with E-state index in [0.717, 1.165) is 19.5 Å². The first-order chi connectivity index (χ1) is 12.3. The Bertz CT molecular complexity index is 805. The predicted octanol–water partition coefficient (Wildman–Crippen LogP) is 2.57.